The van der Waals surface area contributed by atoms with Crippen LogP contribution in [-0.4, -0.2) is 5.11 Å². The van der Waals surface area contributed by atoms with Gasteiger partial charge in [-0.25, -0.2) is 0 Å². The summed E-state index contributed by atoms with van der Waals surface area (Å²) in [6, 6.07) is 2.03. The van der Waals surface area contributed by atoms with Crippen LogP contribution in [0, 0.1) is 3.82 Å². The van der Waals surface area contributed by atoms with Crippen molar-refractivity contribution < 1.29 is 5.11 Å². The van der Waals surface area contributed by atoms with Gasteiger partial charge in [-0.05, 0) is 24.1 Å². The van der Waals surface area contributed by atoms with Crippen LogP contribution in [0.3, 0.4) is 0 Å². The molecule has 0 atom stereocenters. The molecule has 1 aliphatic rings. The molecule has 0 spiro atoms. The molecule has 0 saturated heterocycles. The van der Waals surface area contributed by atoms with Gasteiger partial charge in [-0.15, -0.1) is 0 Å². The monoisotopic (exact) mass is 228 g/mol. The largest absolute Gasteiger partial charge is 0.512 e. The van der Waals surface area contributed by atoms with Crippen LogP contribution in [0.2, 0.25) is 0 Å². The summed E-state index contributed by atoms with van der Waals surface area (Å²) in [7, 11) is 3.35. The number of hydrogen-bond donors (Lipinski definition) is 1. The van der Waals surface area contributed by atoms with E-state index in [1.807, 2.05) is 12.1 Å². The summed E-state index contributed by atoms with van der Waals surface area (Å²) in [6.07, 6.45) is 5.42. The average Bonchev–Trinajstić information content (AvgIpc) is 2.53. The maximum absolute atomic E-state index is 9.18. The zero-order chi connectivity index (χ0) is 9.26. The average molecular weight is 228 g/mol. The summed E-state index contributed by atoms with van der Waals surface area (Å²) in [6.45, 7) is 0. The van der Waals surface area contributed by atoms with Crippen molar-refractivity contribution in [2.24, 2.45) is 0 Å². The maximum atomic E-state index is 9.18. The smallest absolute Gasteiger partial charge is 0.102 e. The maximum Gasteiger partial charge on any atom is 0.102 e. The van der Waals surface area contributed by atoms with Crippen molar-refractivity contribution in [3.05, 3.63) is 32.7 Å². The summed E-state index contributed by atoms with van der Waals surface area (Å²) < 4.78 is 0.944. The molecule has 1 nitrogen and oxygen atoms in total. The SMILES string of the molecule is OC1=CC=C(c2cc(=S)ss2)CC1. The van der Waals surface area contributed by atoms with Crippen molar-refractivity contribution in [3.63, 3.8) is 0 Å². The molecule has 0 unspecified atom stereocenters. The van der Waals surface area contributed by atoms with Crippen LogP contribution in [0.4, 0.5) is 0 Å². The third kappa shape index (κ3) is 2.07. The van der Waals surface area contributed by atoms with Gasteiger partial charge in [0.25, 0.3) is 0 Å². The second-order valence-electron chi connectivity index (χ2n) is 2.84. The van der Waals surface area contributed by atoms with Crippen LogP contribution in [0.15, 0.2) is 24.0 Å². The fraction of sp³-hybridized carbons (Fsp3) is 0.222. The van der Waals surface area contributed by atoms with Gasteiger partial charge in [-0.3, -0.25) is 0 Å². The molecule has 0 radical (unpaired) electrons. The summed E-state index contributed by atoms with van der Waals surface area (Å²) >= 11 is 5.06. The van der Waals surface area contributed by atoms with Gasteiger partial charge < -0.3 is 5.11 Å². The molecule has 4 heteroatoms. The number of hydrogen-bond acceptors (Lipinski definition) is 4. The molecule has 1 aliphatic carbocycles. The Labute approximate surface area is 89.1 Å². The molecule has 68 valence electrons. The van der Waals surface area contributed by atoms with Crippen LogP contribution < -0.4 is 0 Å². The predicted molar refractivity (Wildman–Crippen MR) is 61.0 cm³/mol. The Morgan fingerprint density at radius 1 is 1.23 bits per heavy atom. The minimum Gasteiger partial charge on any atom is -0.512 e. The Morgan fingerprint density at radius 2 is 2.08 bits per heavy atom. The first kappa shape index (κ1) is 9.12. The highest BCUT2D eigenvalue weighted by Crippen LogP contribution is 2.31. The molecule has 1 heterocycles. The summed E-state index contributed by atoms with van der Waals surface area (Å²) in [5.41, 5.74) is 1.29. The number of aliphatic hydroxyl groups is 1. The van der Waals surface area contributed by atoms with Crippen LogP contribution >= 0.6 is 32.9 Å². The van der Waals surface area contributed by atoms with Crippen molar-refractivity contribution in [2.75, 3.05) is 0 Å². The first-order chi connectivity index (χ1) is 6.25. The van der Waals surface area contributed by atoms with Crippen molar-refractivity contribution in [2.45, 2.75) is 12.8 Å². The summed E-state index contributed by atoms with van der Waals surface area (Å²) in [5.74, 6) is 0.475. The molecule has 1 aromatic rings. The number of aliphatic hydroxyl groups excluding tert-OH is 1. The van der Waals surface area contributed by atoms with Gasteiger partial charge >= 0.3 is 0 Å². The van der Waals surface area contributed by atoms with Crippen molar-refractivity contribution in [1.29, 1.82) is 0 Å². The predicted octanol–water partition coefficient (Wildman–Crippen LogP) is 4.16. The van der Waals surface area contributed by atoms with Crippen LogP contribution in [0.1, 0.15) is 17.7 Å². The first-order valence-corrected chi connectivity index (χ1v) is 6.51. The van der Waals surface area contributed by atoms with E-state index in [2.05, 4.69) is 0 Å². The standard InChI is InChI=1S/C9H8OS3/c10-7-3-1-6(2-4-7)8-5-9(11)13-12-8/h1,3,5,10H,2,4H2. The van der Waals surface area contributed by atoms with E-state index in [1.165, 1.54) is 10.5 Å². The van der Waals surface area contributed by atoms with Gasteiger partial charge in [0.2, 0.25) is 0 Å². The molecule has 0 bridgehead atoms. The summed E-state index contributed by atoms with van der Waals surface area (Å²) in [5, 5.41) is 9.18. The summed E-state index contributed by atoms with van der Waals surface area (Å²) in [4.78, 5) is 1.25. The van der Waals surface area contributed by atoms with E-state index in [0.29, 0.717) is 5.76 Å². The normalized spacial score (nSPS) is 16.6. The van der Waals surface area contributed by atoms with E-state index in [1.54, 1.807) is 26.8 Å². The van der Waals surface area contributed by atoms with Gasteiger partial charge in [0.15, 0.2) is 0 Å². The van der Waals surface area contributed by atoms with Crippen LogP contribution in [-0.2, 0) is 0 Å². The van der Waals surface area contributed by atoms with E-state index in [4.69, 9.17) is 12.2 Å². The highest BCUT2D eigenvalue weighted by atomic mass is 32.9. The molecular formula is C9H8OS3. The Hall–Kier alpha value is -0.450. The number of rotatable bonds is 1. The third-order valence-corrected chi connectivity index (χ3v) is 4.84. The van der Waals surface area contributed by atoms with E-state index >= 15 is 0 Å². The fourth-order valence-electron chi connectivity index (χ4n) is 1.22. The van der Waals surface area contributed by atoms with Gasteiger partial charge in [0.1, 0.15) is 3.82 Å². The zero-order valence-corrected chi connectivity index (χ0v) is 9.27. The lowest BCUT2D eigenvalue weighted by atomic mass is 10.0. The minimum absolute atomic E-state index is 0.475. The minimum atomic E-state index is 0.475. The Morgan fingerprint density at radius 3 is 2.62 bits per heavy atom. The molecule has 0 aliphatic heterocycles. The van der Waals surface area contributed by atoms with E-state index in [9.17, 15) is 5.11 Å². The fourth-order valence-corrected chi connectivity index (χ4v) is 3.70. The molecule has 0 saturated carbocycles. The lowest BCUT2D eigenvalue weighted by molar-refractivity contribution is 0.389. The van der Waals surface area contributed by atoms with Crippen molar-refractivity contribution in [3.8, 4) is 0 Å². The number of allylic oxidation sites excluding steroid dienone is 4. The molecule has 1 N–H and O–H groups in total. The van der Waals surface area contributed by atoms with Gasteiger partial charge in [0, 0.05) is 11.3 Å². The zero-order valence-electron chi connectivity index (χ0n) is 6.82. The van der Waals surface area contributed by atoms with Gasteiger partial charge in [-0.1, -0.05) is 39.0 Å². The topological polar surface area (TPSA) is 20.2 Å². The molecule has 0 fully saturated rings. The second kappa shape index (κ2) is 3.74. The molecule has 13 heavy (non-hydrogen) atoms. The highest BCUT2D eigenvalue weighted by molar-refractivity contribution is 7.79. The Bertz CT molecular complexity index is 422. The highest BCUT2D eigenvalue weighted by Gasteiger charge is 2.08. The van der Waals surface area contributed by atoms with Gasteiger partial charge in [-0.2, -0.15) is 0 Å². The quantitative estimate of drug-likeness (QED) is 0.575. The van der Waals surface area contributed by atoms with E-state index in [-0.39, 0.29) is 0 Å². The first-order valence-electron chi connectivity index (χ1n) is 3.95. The lowest BCUT2D eigenvalue weighted by Crippen LogP contribution is -1.90. The van der Waals surface area contributed by atoms with Crippen LogP contribution in [0.5, 0.6) is 0 Å². The van der Waals surface area contributed by atoms with Crippen molar-refractivity contribution >= 4 is 38.5 Å². The van der Waals surface area contributed by atoms with Crippen LogP contribution in [0.25, 0.3) is 5.57 Å². The Kier molecular flexibility index (Phi) is 2.62. The van der Waals surface area contributed by atoms with E-state index < -0.39 is 0 Å². The Balaban J connectivity index is 2.33. The molecule has 0 aromatic carbocycles. The van der Waals surface area contributed by atoms with Gasteiger partial charge in [0.05, 0.1) is 5.76 Å². The molecule has 0 amide bonds. The third-order valence-electron chi connectivity index (χ3n) is 1.91. The molecule has 2 rings (SSSR count). The molecular weight excluding hydrogens is 220 g/mol. The molecule has 1 aromatic heterocycles. The lowest BCUT2D eigenvalue weighted by Gasteiger charge is -2.08. The van der Waals surface area contributed by atoms with Crippen molar-refractivity contribution in [1.82, 2.24) is 0 Å². The second-order valence-corrected chi connectivity index (χ2v) is 5.76. The van der Waals surface area contributed by atoms with E-state index in [0.717, 1.165) is 16.7 Å².